The van der Waals surface area contributed by atoms with Crippen LogP contribution >= 0.6 is 11.3 Å². The molecule has 2 aliphatic carbocycles. The summed E-state index contributed by atoms with van der Waals surface area (Å²) < 4.78 is 0. The van der Waals surface area contributed by atoms with E-state index in [4.69, 9.17) is 15.7 Å². The zero-order chi connectivity index (χ0) is 20.9. The Morgan fingerprint density at radius 3 is 2.23 bits per heavy atom. The van der Waals surface area contributed by atoms with E-state index in [1.165, 1.54) is 75.5 Å². The van der Waals surface area contributed by atoms with E-state index in [9.17, 15) is 9.90 Å². The van der Waals surface area contributed by atoms with Crippen molar-refractivity contribution in [2.24, 2.45) is 5.90 Å². The minimum Gasteiger partial charge on any atom is -0.476 e. The quantitative estimate of drug-likeness (QED) is 0.575. The first kappa shape index (κ1) is 21.3. The number of carboxylic acids is 1. The Morgan fingerprint density at radius 1 is 1.07 bits per heavy atom. The van der Waals surface area contributed by atoms with Crippen LogP contribution in [0.1, 0.15) is 80.3 Å². The first-order valence-corrected chi connectivity index (χ1v) is 11.9. The van der Waals surface area contributed by atoms with Gasteiger partial charge in [-0.05, 0) is 36.8 Å². The standard InChI is InChI=1S/C23H31N3O3S/c24-29-15-16-9-7-8-14-19(16)21-20(22(27)28)25-23(30-21)26(17-10-3-1-4-11-17)18-12-5-2-6-13-18/h7-9,14,17-18H,1-6,10-13,15,24H2,(H,27,28). The van der Waals surface area contributed by atoms with Gasteiger partial charge in [0.25, 0.3) is 0 Å². The fourth-order valence-electron chi connectivity index (χ4n) is 5.03. The van der Waals surface area contributed by atoms with Crippen LogP contribution in [0.15, 0.2) is 24.3 Å². The van der Waals surface area contributed by atoms with Crippen molar-refractivity contribution >= 4 is 22.4 Å². The highest BCUT2D eigenvalue weighted by Gasteiger charge is 2.33. The molecule has 0 amide bonds. The van der Waals surface area contributed by atoms with Crippen LogP contribution in [0, 0.1) is 0 Å². The number of thiazole rings is 1. The monoisotopic (exact) mass is 429 g/mol. The molecular formula is C23H31N3O3S. The molecule has 0 spiro atoms. The average molecular weight is 430 g/mol. The predicted octanol–water partition coefficient (Wildman–Crippen LogP) is 5.37. The number of carbonyl (C=O) groups is 1. The summed E-state index contributed by atoms with van der Waals surface area (Å²) in [4.78, 5) is 24.9. The van der Waals surface area contributed by atoms with Gasteiger partial charge in [-0.2, -0.15) is 0 Å². The van der Waals surface area contributed by atoms with Crippen molar-refractivity contribution in [3.8, 4) is 10.4 Å². The molecule has 3 N–H and O–H groups in total. The Morgan fingerprint density at radius 2 is 1.67 bits per heavy atom. The average Bonchev–Trinajstić information content (AvgIpc) is 3.21. The maximum atomic E-state index is 12.1. The summed E-state index contributed by atoms with van der Waals surface area (Å²) in [5, 5.41) is 10.8. The summed E-state index contributed by atoms with van der Waals surface area (Å²) in [6.45, 7) is 0.234. The van der Waals surface area contributed by atoms with E-state index in [1.54, 1.807) is 0 Å². The van der Waals surface area contributed by atoms with Crippen LogP contribution in [0.5, 0.6) is 0 Å². The number of aromatic carboxylic acids is 1. The number of carboxylic acid groups (broad SMARTS) is 1. The van der Waals surface area contributed by atoms with E-state index in [2.05, 4.69) is 4.90 Å². The maximum absolute atomic E-state index is 12.1. The fourth-order valence-corrected chi connectivity index (χ4v) is 6.29. The molecule has 2 fully saturated rings. The first-order valence-electron chi connectivity index (χ1n) is 11.1. The topological polar surface area (TPSA) is 88.7 Å². The number of nitrogens with zero attached hydrogens (tertiary/aromatic N) is 2. The zero-order valence-electron chi connectivity index (χ0n) is 17.4. The van der Waals surface area contributed by atoms with E-state index < -0.39 is 5.97 Å². The summed E-state index contributed by atoms with van der Waals surface area (Å²) in [6, 6.07) is 8.61. The molecular weight excluding hydrogens is 398 g/mol. The van der Waals surface area contributed by atoms with Gasteiger partial charge in [-0.1, -0.05) is 74.1 Å². The van der Waals surface area contributed by atoms with Crippen LogP contribution in [0.3, 0.4) is 0 Å². The van der Waals surface area contributed by atoms with Gasteiger partial charge in [0.2, 0.25) is 0 Å². The lowest BCUT2D eigenvalue weighted by atomic mass is 9.89. The van der Waals surface area contributed by atoms with Crippen LogP contribution in [0.25, 0.3) is 10.4 Å². The molecule has 2 saturated carbocycles. The van der Waals surface area contributed by atoms with Crippen molar-refractivity contribution in [1.82, 2.24) is 4.98 Å². The Balaban J connectivity index is 1.76. The molecule has 4 rings (SSSR count). The third-order valence-electron chi connectivity index (χ3n) is 6.48. The number of benzene rings is 1. The lowest BCUT2D eigenvalue weighted by Crippen LogP contribution is -2.45. The van der Waals surface area contributed by atoms with Crippen molar-refractivity contribution < 1.29 is 14.7 Å². The highest BCUT2D eigenvalue weighted by atomic mass is 32.1. The molecule has 2 aliphatic rings. The van der Waals surface area contributed by atoms with Crippen molar-refractivity contribution in [3.63, 3.8) is 0 Å². The third-order valence-corrected chi connectivity index (χ3v) is 7.58. The molecule has 1 aromatic carbocycles. The van der Waals surface area contributed by atoms with Crippen LogP contribution in [-0.4, -0.2) is 28.1 Å². The SMILES string of the molecule is NOCc1ccccc1-c1sc(N(C2CCCCC2)C2CCCCC2)nc1C(=O)O. The molecule has 0 bridgehead atoms. The molecule has 0 radical (unpaired) electrons. The molecule has 0 saturated heterocycles. The van der Waals surface area contributed by atoms with E-state index in [0.29, 0.717) is 17.0 Å². The summed E-state index contributed by atoms with van der Waals surface area (Å²) >= 11 is 1.51. The second-order valence-electron chi connectivity index (χ2n) is 8.44. The Kier molecular flexibility index (Phi) is 7.02. The lowest BCUT2D eigenvalue weighted by Gasteiger charge is -2.41. The first-order chi connectivity index (χ1) is 14.7. The van der Waals surface area contributed by atoms with Gasteiger partial charge in [0.05, 0.1) is 11.5 Å². The summed E-state index contributed by atoms with van der Waals surface area (Å²) in [5.41, 5.74) is 1.85. The number of hydrogen-bond acceptors (Lipinski definition) is 6. The number of nitrogens with two attached hydrogens (primary N) is 1. The van der Waals surface area contributed by atoms with E-state index >= 15 is 0 Å². The molecule has 0 aliphatic heterocycles. The van der Waals surface area contributed by atoms with Crippen LogP contribution < -0.4 is 10.8 Å². The molecule has 7 heteroatoms. The second kappa shape index (κ2) is 9.90. The molecule has 6 nitrogen and oxygen atoms in total. The Labute approximate surface area is 182 Å². The van der Waals surface area contributed by atoms with Crippen molar-refractivity contribution in [2.75, 3.05) is 4.90 Å². The molecule has 30 heavy (non-hydrogen) atoms. The Hall–Kier alpha value is -1.96. The van der Waals surface area contributed by atoms with E-state index in [0.717, 1.165) is 16.3 Å². The number of aromatic nitrogens is 1. The van der Waals surface area contributed by atoms with Gasteiger partial charge in [-0.25, -0.2) is 15.7 Å². The second-order valence-corrected chi connectivity index (χ2v) is 9.42. The highest BCUT2D eigenvalue weighted by molar-refractivity contribution is 7.19. The Bertz CT molecular complexity index is 839. The zero-order valence-corrected chi connectivity index (χ0v) is 18.2. The molecule has 1 aromatic heterocycles. The highest BCUT2D eigenvalue weighted by Crippen LogP contribution is 2.41. The van der Waals surface area contributed by atoms with Crippen LogP contribution in [0.4, 0.5) is 5.13 Å². The van der Waals surface area contributed by atoms with Crippen LogP contribution in [-0.2, 0) is 11.4 Å². The normalized spacial score (nSPS) is 18.4. The number of rotatable bonds is 7. The molecule has 162 valence electrons. The summed E-state index contributed by atoms with van der Waals surface area (Å²) in [7, 11) is 0. The van der Waals surface area contributed by atoms with Gasteiger partial charge in [-0.3, -0.25) is 4.84 Å². The summed E-state index contributed by atoms with van der Waals surface area (Å²) in [6.07, 6.45) is 12.3. The fraction of sp³-hybridized carbons (Fsp3) is 0.565. The van der Waals surface area contributed by atoms with Crippen molar-refractivity contribution in [1.29, 1.82) is 0 Å². The van der Waals surface area contributed by atoms with Gasteiger partial charge in [-0.15, -0.1) is 0 Å². The number of anilines is 1. The predicted molar refractivity (Wildman–Crippen MR) is 120 cm³/mol. The summed E-state index contributed by atoms with van der Waals surface area (Å²) in [5.74, 6) is 4.33. The minimum atomic E-state index is -0.983. The van der Waals surface area contributed by atoms with Gasteiger partial charge >= 0.3 is 5.97 Å². The molecule has 1 heterocycles. The maximum Gasteiger partial charge on any atom is 0.356 e. The molecule has 0 atom stereocenters. The molecule has 0 unspecified atom stereocenters. The van der Waals surface area contributed by atoms with Crippen molar-refractivity contribution in [2.45, 2.75) is 82.9 Å². The van der Waals surface area contributed by atoms with Gasteiger partial charge in [0.15, 0.2) is 10.8 Å². The third kappa shape index (κ3) is 4.53. The van der Waals surface area contributed by atoms with Gasteiger partial charge in [0, 0.05) is 12.1 Å². The smallest absolute Gasteiger partial charge is 0.356 e. The largest absolute Gasteiger partial charge is 0.476 e. The van der Waals surface area contributed by atoms with Gasteiger partial charge < -0.3 is 10.0 Å². The van der Waals surface area contributed by atoms with Crippen LogP contribution in [0.2, 0.25) is 0 Å². The van der Waals surface area contributed by atoms with Gasteiger partial charge in [0.1, 0.15) is 0 Å². The minimum absolute atomic E-state index is 0.135. The number of hydrogen-bond donors (Lipinski definition) is 2. The molecule has 2 aromatic rings. The lowest BCUT2D eigenvalue weighted by molar-refractivity contribution is 0.0692. The van der Waals surface area contributed by atoms with E-state index in [-0.39, 0.29) is 12.3 Å². The van der Waals surface area contributed by atoms with Crippen molar-refractivity contribution in [3.05, 3.63) is 35.5 Å². The van der Waals surface area contributed by atoms with E-state index in [1.807, 2.05) is 24.3 Å².